The van der Waals surface area contributed by atoms with Gasteiger partial charge < -0.3 is 4.90 Å². The molecule has 2 aromatic rings. The van der Waals surface area contributed by atoms with Gasteiger partial charge in [-0.1, -0.05) is 39.5 Å². The van der Waals surface area contributed by atoms with E-state index in [1.165, 1.54) is 10.9 Å². The van der Waals surface area contributed by atoms with Crippen molar-refractivity contribution in [2.24, 2.45) is 0 Å². The quantitative estimate of drug-likeness (QED) is 0.828. The monoisotopic (exact) mass is 269 g/mol. The van der Waals surface area contributed by atoms with E-state index in [-0.39, 0.29) is 5.41 Å². The highest BCUT2D eigenvalue weighted by molar-refractivity contribution is 5.79. The van der Waals surface area contributed by atoms with Crippen LogP contribution in [0.5, 0.6) is 0 Å². The number of benzene rings is 1. The van der Waals surface area contributed by atoms with Crippen molar-refractivity contribution in [3.05, 3.63) is 42.2 Å². The zero-order chi connectivity index (χ0) is 14.5. The molecule has 0 amide bonds. The van der Waals surface area contributed by atoms with Crippen LogP contribution in [0, 0.1) is 0 Å². The Kier molecular flexibility index (Phi) is 2.89. The predicted octanol–water partition coefficient (Wildman–Crippen LogP) is 3.72. The lowest BCUT2D eigenvalue weighted by atomic mass is 9.87. The Balaban J connectivity index is 1.87. The molecule has 3 heteroatoms. The molecule has 0 atom stereocenters. The standard InChI is InChI=1S/C17H23N3/c1-12(2)19-10-15(11-19)20-9-13-6-7-14(17(3,4)5)8-16(13)18-20/h6-9,15H,1,10-11H2,2-5H3. The summed E-state index contributed by atoms with van der Waals surface area (Å²) in [5, 5.41) is 5.99. The molecule has 0 radical (unpaired) electrons. The SMILES string of the molecule is C=C(C)N1CC(n2cc3ccc(C(C)(C)C)cc3n2)C1. The number of nitrogens with zero attached hydrogens (tertiary/aromatic N) is 3. The van der Waals surface area contributed by atoms with E-state index in [4.69, 9.17) is 5.10 Å². The minimum atomic E-state index is 0.172. The van der Waals surface area contributed by atoms with Crippen LogP contribution in [0.2, 0.25) is 0 Å². The van der Waals surface area contributed by atoms with Gasteiger partial charge in [0.25, 0.3) is 0 Å². The first-order valence-electron chi connectivity index (χ1n) is 7.24. The lowest BCUT2D eigenvalue weighted by Gasteiger charge is -2.41. The first-order chi connectivity index (χ1) is 9.34. The first kappa shape index (κ1) is 13.2. The van der Waals surface area contributed by atoms with Crippen molar-refractivity contribution in [2.75, 3.05) is 13.1 Å². The van der Waals surface area contributed by atoms with E-state index in [1.807, 2.05) is 0 Å². The maximum absolute atomic E-state index is 4.76. The topological polar surface area (TPSA) is 21.1 Å². The van der Waals surface area contributed by atoms with Crippen LogP contribution >= 0.6 is 0 Å². The Morgan fingerprint density at radius 2 is 2.00 bits per heavy atom. The van der Waals surface area contributed by atoms with Gasteiger partial charge >= 0.3 is 0 Å². The van der Waals surface area contributed by atoms with Crippen LogP contribution in [0.1, 0.15) is 39.3 Å². The van der Waals surface area contributed by atoms with Crippen LogP contribution in [-0.2, 0) is 5.41 Å². The normalized spacial score (nSPS) is 16.5. The summed E-state index contributed by atoms with van der Waals surface area (Å²) < 4.78 is 2.12. The fourth-order valence-corrected chi connectivity index (χ4v) is 2.62. The Morgan fingerprint density at radius 1 is 1.30 bits per heavy atom. The molecule has 0 aliphatic carbocycles. The molecule has 0 saturated carbocycles. The summed E-state index contributed by atoms with van der Waals surface area (Å²) in [6.07, 6.45) is 2.17. The zero-order valence-corrected chi connectivity index (χ0v) is 12.8. The lowest BCUT2D eigenvalue weighted by molar-refractivity contribution is 0.140. The third-order valence-corrected chi connectivity index (χ3v) is 4.17. The highest BCUT2D eigenvalue weighted by Crippen LogP contribution is 2.28. The smallest absolute Gasteiger partial charge is 0.0926 e. The van der Waals surface area contributed by atoms with Crippen molar-refractivity contribution in [2.45, 2.75) is 39.2 Å². The maximum Gasteiger partial charge on any atom is 0.0926 e. The van der Waals surface area contributed by atoms with Gasteiger partial charge in [-0.2, -0.15) is 5.10 Å². The number of fused-ring (bicyclic) bond motifs is 1. The zero-order valence-electron chi connectivity index (χ0n) is 12.8. The van der Waals surface area contributed by atoms with Gasteiger partial charge in [0.15, 0.2) is 0 Å². The summed E-state index contributed by atoms with van der Waals surface area (Å²) in [5.74, 6) is 0. The summed E-state index contributed by atoms with van der Waals surface area (Å²) in [4.78, 5) is 2.29. The number of likely N-dealkylation sites (tertiary alicyclic amines) is 1. The third-order valence-electron chi connectivity index (χ3n) is 4.17. The first-order valence-corrected chi connectivity index (χ1v) is 7.24. The Labute approximate surface area is 120 Å². The molecule has 1 aromatic heterocycles. The second kappa shape index (κ2) is 4.37. The van der Waals surface area contributed by atoms with E-state index in [0.29, 0.717) is 6.04 Å². The Bertz CT molecular complexity index is 654. The van der Waals surface area contributed by atoms with Crippen LogP contribution in [-0.4, -0.2) is 27.8 Å². The summed E-state index contributed by atoms with van der Waals surface area (Å²) >= 11 is 0. The van der Waals surface area contributed by atoms with E-state index in [2.05, 4.69) is 68.3 Å². The highest BCUT2D eigenvalue weighted by atomic mass is 15.4. The molecule has 1 aliphatic rings. The molecule has 0 bridgehead atoms. The molecule has 3 nitrogen and oxygen atoms in total. The fourth-order valence-electron chi connectivity index (χ4n) is 2.62. The minimum Gasteiger partial charge on any atom is -0.371 e. The van der Waals surface area contributed by atoms with Crippen molar-refractivity contribution in [1.29, 1.82) is 0 Å². The highest BCUT2D eigenvalue weighted by Gasteiger charge is 2.28. The van der Waals surface area contributed by atoms with Gasteiger partial charge in [0.2, 0.25) is 0 Å². The maximum atomic E-state index is 4.76. The predicted molar refractivity (Wildman–Crippen MR) is 83.9 cm³/mol. The number of hydrogen-bond acceptors (Lipinski definition) is 2. The van der Waals surface area contributed by atoms with Crippen molar-refractivity contribution in [1.82, 2.24) is 14.7 Å². The second-order valence-electron chi connectivity index (χ2n) is 6.93. The number of hydrogen-bond donors (Lipinski definition) is 0. The van der Waals surface area contributed by atoms with Gasteiger partial charge in [0.1, 0.15) is 0 Å². The molecule has 1 saturated heterocycles. The minimum absolute atomic E-state index is 0.172. The molecule has 20 heavy (non-hydrogen) atoms. The van der Waals surface area contributed by atoms with Crippen LogP contribution < -0.4 is 0 Å². The van der Waals surface area contributed by atoms with E-state index in [9.17, 15) is 0 Å². The van der Waals surface area contributed by atoms with Crippen molar-refractivity contribution in [3.8, 4) is 0 Å². The van der Waals surface area contributed by atoms with Gasteiger partial charge in [-0.15, -0.1) is 0 Å². The molecule has 0 N–H and O–H groups in total. The van der Waals surface area contributed by atoms with Crippen LogP contribution in [0.3, 0.4) is 0 Å². The molecule has 3 rings (SSSR count). The lowest BCUT2D eigenvalue weighted by Crippen LogP contribution is -2.46. The van der Waals surface area contributed by atoms with Crippen LogP contribution in [0.25, 0.3) is 10.9 Å². The largest absolute Gasteiger partial charge is 0.371 e. The number of allylic oxidation sites excluding steroid dienone is 1. The van der Waals surface area contributed by atoms with Gasteiger partial charge in [0.05, 0.1) is 11.6 Å². The van der Waals surface area contributed by atoms with Crippen molar-refractivity contribution < 1.29 is 0 Å². The molecule has 106 valence electrons. The Hall–Kier alpha value is -1.77. The molecule has 1 aliphatic heterocycles. The number of aromatic nitrogens is 2. The van der Waals surface area contributed by atoms with Crippen molar-refractivity contribution >= 4 is 10.9 Å². The molecular formula is C17H23N3. The van der Waals surface area contributed by atoms with Gasteiger partial charge in [-0.3, -0.25) is 4.68 Å². The fraction of sp³-hybridized carbons (Fsp3) is 0.471. The summed E-state index contributed by atoms with van der Waals surface area (Å²) in [6, 6.07) is 7.11. The molecular weight excluding hydrogens is 246 g/mol. The summed E-state index contributed by atoms with van der Waals surface area (Å²) in [6.45, 7) is 14.8. The second-order valence-corrected chi connectivity index (χ2v) is 6.93. The molecule has 1 fully saturated rings. The van der Waals surface area contributed by atoms with E-state index < -0.39 is 0 Å². The van der Waals surface area contributed by atoms with Gasteiger partial charge in [-0.05, 0) is 24.0 Å². The summed E-state index contributed by atoms with van der Waals surface area (Å²) in [7, 11) is 0. The molecule has 0 unspecified atom stereocenters. The van der Waals surface area contributed by atoms with Gasteiger partial charge in [-0.25, -0.2) is 0 Å². The Morgan fingerprint density at radius 3 is 2.60 bits per heavy atom. The van der Waals surface area contributed by atoms with E-state index in [1.54, 1.807) is 0 Å². The summed E-state index contributed by atoms with van der Waals surface area (Å²) in [5.41, 5.74) is 3.76. The average Bonchev–Trinajstić information content (AvgIpc) is 2.66. The average molecular weight is 269 g/mol. The van der Waals surface area contributed by atoms with E-state index in [0.717, 1.165) is 24.3 Å². The third kappa shape index (κ3) is 2.21. The van der Waals surface area contributed by atoms with Crippen LogP contribution in [0.15, 0.2) is 36.7 Å². The van der Waals surface area contributed by atoms with Gasteiger partial charge in [0, 0.05) is 30.4 Å². The van der Waals surface area contributed by atoms with Crippen LogP contribution in [0.4, 0.5) is 0 Å². The molecule has 1 aromatic carbocycles. The van der Waals surface area contributed by atoms with Crippen molar-refractivity contribution in [3.63, 3.8) is 0 Å². The number of rotatable bonds is 2. The van der Waals surface area contributed by atoms with E-state index >= 15 is 0 Å². The molecule has 0 spiro atoms. The molecule has 2 heterocycles.